The van der Waals surface area contributed by atoms with E-state index in [2.05, 4.69) is 19.1 Å². The van der Waals surface area contributed by atoms with Gasteiger partial charge in [-0.2, -0.15) is 0 Å². The van der Waals surface area contributed by atoms with Gasteiger partial charge in [0.15, 0.2) is 7.80 Å². The molecule has 99 valence electrons. The molecule has 0 fully saturated rings. The number of carbonyl (C=O) groups excluding carboxylic acids is 1. The fraction of sp³-hybridized carbons (Fsp3) is 0.133. The summed E-state index contributed by atoms with van der Waals surface area (Å²) in [6, 6.07) is 17.3. The van der Waals surface area contributed by atoms with E-state index in [0.29, 0.717) is 17.1 Å². The molecule has 0 aliphatic carbocycles. The molecule has 19 heavy (non-hydrogen) atoms. The first-order valence-electron chi connectivity index (χ1n) is 5.74. The molecule has 2 aromatic carbocycles. The van der Waals surface area contributed by atoms with Crippen molar-refractivity contribution in [3.8, 4) is 5.75 Å². The zero-order valence-electron chi connectivity index (χ0n) is 10.9. The fourth-order valence-corrected chi connectivity index (χ4v) is 1.89. The summed E-state index contributed by atoms with van der Waals surface area (Å²) in [5.74, 6) is 0.688. The number of hydrogen-bond acceptors (Lipinski definition) is 3. The Morgan fingerprint density at radius 1 is 1.00 bits per heavy atom. The van der Waals surface area contributed by atoms with E-state index in [1.165, 1.54) is 5.56 Å². The molecular formula is C15H16O3P. The largest absolute Gasteiger partial charge is 0.497 e. The SMILES string of the molecule is COc1ccc([P](=O)C=O)cc1.Cc1ccccc1. The van der Waals surface area contributed by atoms with Crippen molar-refractivity contribution in [2.24, 2.45) is 0 Å². The van der Waals surface area contributed by atoms with Gasteiger partial charge in [-0.05, 0) is 31.2 Å². The van der Waals surface area contributed by atoms with Crippen molar-refractivity contribution in [2.45, 2.75) is 6.92 Å². The minimum atomic E-state index is -1.88. The Morgan fingerprint density at radius 3 is 1.95 bits per heavy atom. The Balaban J connectivity index is 0.000000218. The highest BCUT2D eigenvalue weighted by molar-refractivity contribution is 7.68. The van der Waals surface area contributed by atoms with Crippen LogP contribution in [0.5, 0.6) is 5.75 Å². The van der Waals surface area contributed by atoms with Gasteiger partial charge in [0.05, 0.1) is 7.11 Å². The van der Waals surface area contributed by atoms with E-state index in [0.717, 1.165) is 0 Å². The number of hydrogen-bond donors (Lipinski definition) is 0. The maximum atomic E-state index is 11.0. The lowest BCUT2D eigenvalue weighted by Gasteiger charge is -1.98. The lowest BCUT2D eigenvalue weighted by atomic mass is 10.2. The molecule has 1 radical (unpaired) electrons. The van der Waals surface area contributed by atoms with Gasteiger partial charge in [-0.1, -0.05) is 35.9 Å². The van der Waals surface area contributed by atoms with E-state index in [1.54, 1.807) is 31.4 Å². The predicted molar refractivity (Wildman–Crippen MR) is 78.2 cm³/mol. The van der Waals surface area contributed by atoms with Gasteiger partial charge in [0.1, 0.15) is 5.75 Å². The van der Waals surface area contributed by atoms with Crippen LogP contribution < -0.4 is 10.0 Å². The van der Waals surface area contributed by atoms with Crippen LogP contribution >= 0.6 is 7.80 Å². The molecule has 0 bridgehead atoms. The van der Waals surface area contributed by atoms with Gasteiger partial charge in [-0.25, -0.2) is 0 Å². The third-order valence-electron chi connectivity index (χ3n) is 2.36. The summed E-state index contributed by atoms with van der Waals surface area (Å²) >= 11 is 0. The normalized spacial score (nSPS) is 9.89. The van der Waals surface area contributed by atoms with Crippen LogP contribution in [0.15, 0.2) is 54.6 Å². The Labute approximate surface area is 114 Å². The van der Waals surface area contributed by atoms with Crippen LogP contribution in [0, 0.1) is 6.92 Å². The van der Waals surface area contributed by atoms with Crippen molar-refractivity contribution in [1.82, 2.24) is 0 Å². The Morgan fingerprint density at radius 2 is 1.58 bits per heavy atom. The van der Waals surface area contributed by atoms with E-state index in [-0.39, 0.29) is 0 Å². The Bertz CT molecular complexity index is 521. The van der Waals surface area contributed by atoms with Gasteiger partial charge in [-0.15, -0.1) is 0 Å². The summed E-state index contributed by atoms with van der Waals surface area (Å²) in [4.78, 5) is 10.1. The lowest BCUT2D eigenvalue weighted by molar-refractivity contribution is 0.415. The van der Waals surface area contributed by atoms with Crippen LogP contribution in [-0.4, -0.2) is 13.1 Å². The zero-order valence-corrected chi connectivity index (χ0v) is 11.8. The molecule has 0 amide bonds. The Hall–Kier alpha value is -1.99. The molecule has 0 aromatic heterocycles. The molecule has 2 aromatic rings. The minimum absolute atomic E-state index is 0.442. The van der Waals surface area contributed by atoms with E-state index >= 15 is 0 Å². The van der Waals surface area contributed by atoms with Gasteiger partial charge in [0.25, 0.3) is 0 Å². The zero-order chi connectivity index (χ0) is 14.1. The fourth-order valence-electron chi connectivity index (χ4n) is 1.32. The van der Waals surface area contributed by atoms with Gasteiger partial charge < -0.3 is 4.74 Å². The molecule has 1 unspecified atom stereocenters. The number of benzene rings is 2. The molecular weight excluding hydrogens is 259 g/mol. The van der Waals surface area contributed by atoms with E-state index in [9.17, 15) is 9.36 Å². The number of ether oxygens (including phenoxy) is 1. The predicted octanol–water partition coefficient (Wildman–Crippen LogP) is 3.33. The molecule has 2 rings (SSSR count). The first-order chi connectivity index (χ1) is 9.17. The summed E-state index contributed by atoms with van der Waals surface area (Å²) in [5.41, 5.74) is 1.32. The topological polar surface area (TPSA) is 43.4 Å². The van der Waals surface area contributed by atoms with Gasteiger partial charge in [0, 0.05) is 5.30 Å². The lowest BCUT2D eigenvalue weighted by Crippen LogP contribution is -1.95. The van der Waals surface area contributed by atoms with Crippen LogP contribution in [0.25, 0.3) is 0 Å². The molecule has 0 heterocycles. The highest BCUT2D eigenvalue weighted by atomic mass is 31.1. The van der Waals surface area contributed by atoms with Gasteiger partial charge >= 0.3 is 0 Å². The monoisotopic (exact) mass is 275 g/mol. The van der Waals surface area contributed by atoms with E-state index in [1.807, 2.05) is 18.2 Å². The summed E-state index contributed by atoms with van der Waals surface area (Å²) in [6.45, 7) is 2.08. The smallest absolute Gasteiger partial charge is 0.203 e. The van der Waals surface area contributed by atoms with E-state index in [4.69, 9.17) is 4.74 Å². The second kappa shape index (κ2) is 8.17. The number of rotatable bonds is 3. The van der Waals surface area contributed by atoms with Gasteiger partial charge in [-0.3, -0.25) is 9.36 Å². The average molecular weight is 275 g/mol. The maximum absolute atomic E-state index is 11.0. The average Bonchev–Trinajstić information content (AvgIpc) is 2.48. The van der Waals surface area contributed by atoms with Crippen molar-refractivity contribution < 1.29 is 14.1 Å². The van der Waals surface area contributed by atoms with Crippen LogP contribution in [0.4, 0.5) is 0 Å². The summed E-state index contributed by atoms with van der Waals surface area (Å²) in [5, 5.41) is 0.529. The van der Waals surface area contributed by atoms with Crippen molar-refractivity contribution >= 4 is 19.1 Å². The first kappa shape index (κ1) is 15.1. The standard InChI is InChI=1S/C8H8O3P.C7H8/c1-11-7-2-4-8(5-3-7)12(10)6-9;1-7-5-3-2-4-6-7/h2-6H,1H3;2-6H,1H3. The number of aryl methyl sites for hydroxylation is 1. The third-order valence-corrected chi connectivity index (χ3v) is 3.36. The first-order valence-corrected chi connectivity index (χ1v) is 7.07. The van der Waals surface area contributed by atoms with E-state index < -0.39 is 7.80 Å². The summed E-state index contributed by atoms with van der Waals surface area (Å²) in [6.07, 6.45) is 0. The molecule has 3 nitrogen and oxygen atoms in total. The molecule has 0 spiro atoms. The molecule has 0 saturated heterocycles. The van der Waals surface area contributed by atoms with Crippen LogP contribution in [-0.2, 0) is 9.36 Å². The van der Waals surface area contributed by atoms with Crippen molar-refractivity contribution in [3.63, 3.8) is 0 Å². The molecule has 0 N–H and O–H groups in total. The molecule has 0 aliphatic rings. The quantitative estimate of drug-likeness (QED) is 0.637. The highest BCUT2D eigenvalue weighted by Crippen LogP contribution is 2.16. The summed E-state index contributed by atoms with van der Waals surface area (Å²) in [7, 11) is -0.327. The van der Waals surface area contributed by atoms with Crippen molar-refractivity contribution in [2.75, 3.05) is 7.11 Å². The number of methoxy groups -OCH3 is 1. The van der Waals surface area contributed by atoms with Gasteiger partial charge in [0.2, 0.25) is 6.03 Å². The Kier molecular flexibility index (Phi) is 6.48. The van der Waals surface area contributed by atoms with Crippen molar-refractivity contribution in [1.29, 1.82) is 0 Å². The van der Waals surface area contributed by atoms with Crippen molar-refractivity contribution in [3.05, 3.63) is 60.2 Å². The second-order valence-electron chi connectivity index (χ2n) is 3.78. The summed E-state index contributed by atoms with van der Waals surface area (Å²) < 4.78 is 15.9. The minimum Gasteiger partial charge on any atom is -0.497 e. The van der Waals surface area contributed by atoms with Crippen LogP contribution in [0.1, 0.15) is 5.56 Å². The van der Waals surface area contributed by atoms with Crippen LogP contribution in [0.3, 0.4) is 0 Å². The maximum Gasteiger partial charge on any atom is 0.203 e. The molecule has 4 heteroatoms. The molecule has 0 aliphatic heterocycles. The second-order valence-corrected chi connectivity index (χ2v) is 5.16. The van der Waals surface area contributed by atoms with Crippen LogP contribution in [0.2, 0.25) is 0 Å². The third kappa shape index (κ3) is 5.45. The highest BCUT2D eigenvalue weighted by Gasteiger charge is 2.01. The molecule has 1 atom stereocenters. The number of carbonyl (C=O) groups is 1. The molecule has 0 saturated carbocycles.